The number of methoxy groups -OCH3 is 1. The van der Waals surface area contributed by atoms with Crippen LogP contribution in [0.1, 0.15) is 28.5 Å². The molecule has 8 heteroatoms. The number of anilines is 1. The lowest BCUT2D eigenvalue weighted by molar-refractivity contribution is -0.126. The molecule has 0 spiro atoms. The molecule has 0 bridgehead atoms. The van der Waals surface area contributed by atoms with Gasteiger partial charge in [0.25, 0.3) is 5.91 Å². The molecule has 7 nitrogen and oxygen atoms in total. The number of ether oxygens (including phenoxy) is 1. The van der Waals surface area contributed by atoms with Gasteiger partial charge in [0.05, 0.1) is 18.5 Å². The third kappa shape index (κ3) is 4.21. The quantitative estimate of drug-likeness (QED) is 0.430. The Hall–Kier alpha value is -3.91. The van der Waals surface area contributed by atoms with Crippen molar-refractivity contribution in [2.24, 2.45) is 0 Å². The molecular weight excluding hydrogens is 460 g/mol. The average molecular weight is 487 g/mol. The number of nitrogens with one attached hydrogen (secondary N) is 1. The molecule has 0 aliphatic carbocycles. The standard InChI is InChI=1S/C27H26N4O3S/c1-18-6-8-19(9-7-18)16-28-26(33)27(2)17-30-23(15-22(29-30)24-5-4-14-35-24)25(32)31(27)20-10-12-21(34-3)13-11-20/h4-15H,16-17H2,1-3H3,(H,28,33). The van der Waals surface area contributed by atoms with Crippen LogP contribution in [-0.4, -0.2) is 34.2 Å². The summed E-state index contributed by atoms with van der Waals surface area (Å²) in [6, 6.07) is 20.9. The molecule has 1 atom stereocenters. The van der Waals surface area contributed by atoms with Crippen molar-refractivity contribution in [3.8, 4) is 16.3 Å². The Balaban J connectivity index is 1.52. The maximum absolute atomic E-state index is 13.8. The number of nitrogens with zero attached hydrogens (tertiary/aromatic N) is 3. The van der Waals surface area contributed by atoms with Gasteiger partial charge >= 0.3 is 0 Å². The van der Waals surface area contributed by atoms with E-state index in [9.17, 15) is 9.59 Å². The normalized spacial score (nSPS) is 17.2. The summed E-state index contributed by atoms with van der Waals surface area (Å²) in [6.45, 7) is 4.40. The summed E-state index contributed by atoms with van der Waals surface area (Å²) >= 11 is 1.56. The van der Waals surface area contributed by atoms with E-state index in [0.717, 1.165) is 21.7 Å². The molecule has 0 radical (unpaired) electrons. The summed E-state index contributed by atoms with van der Waals surface area (Å²) in [5.41, 5.74) is 2.75. The number of hydrogen-bond donors (Lipinski definition) is 1. The van der Waals surface area contributed by atoms with Gasteiger partial charge in [-0.1, -0.05) is 35.9 Å². The van der Waals surface area contributed by atoms with E-state index >= 15 is 0 Å². The van der Waals surface area contributed by atoms with Gasteiger partial charge in [-0.05, 0) is 61.2 Å². The predicted octanol–water partition coefficient (Wildman–Crippen LogP) is 4.66. The SMILES string of the molecule is COc1ccc(N2C(=O)c3cc(-c4cccs4)nn3CC2(C)C(=O)NCc2ccc(C)cc2)cc1. The third-order valence-electron chi connectivity index (χ3n) is 6.32. The van der Waals surface area contributed by atoms with Crippen LogP contribution in [0, 0.1) is 6.92 Å². The molecule has 178 valence electrons. The van der Waals surface area contributed by atoms with E-state index in [1.54, 1.807) is 65.3 Å². The first-order valence-electron chi connectivity index (χ1n) is 11.3. The monoisotopic (exact) mass is 486 g/mol. The van der Waals surface area contributed by atoms with Gasteiger partial charge in [0, 0.05) is 12.2 Å². The minimum atomic E-state index is -1.19. The Bertz CT molecular complexity index is 1360. The summed E-state index contributed by atoms with van der Waals surface area (Å²) < 4.78 is 6.94. The van der Waals surface area contributed by atoms with E-state index < -0.39 is 5.54 Å². The van der Waals surface area contributed by atoms with Crippen molar-refractivity contribution in [1.82, 2.24) is 15.1 Å². The number of rotatable bonds is 6. The number of amides is 2. The van der Waals surface area contributed by atoms with Gasteiger partial charge in [0.2, 0.25) is 5.91 Å². The van der Waals surface area contributed by atoms with Crippen LogP contribution >= 0.6 is 11.3 Å². The van der Waals surface area contributed by atoms with Crippen molar-refractivity contribution < 1.29 is 14.3 Å². The van der Waals surface area contributed by atoms with Crippen molar-refractivity contribution in [3.63, 3.8) is 0 Å². The van der Waals surface area contributed by atoms with Crippen molar-refractivity contribution >= 4 is 28.8 Å². The first kappa shape index (κ1) is 22.9. The van der Waals surface area contributed by atoms with E-state index in [-0.39, 0.29) is 18.4 Å². The maximum Gasteiger partial charge on any atom is 0.277 e. The van der Waals surface area contributed by atoms with Crippen molar-refractivity contribution in [2.45, 2.75) is 32.5 Å². The van der Waals surface area contributed by atoms with Gasteiger partial charge in [-0.3, -0.25) is 19.2 Å². The highest BCUT2D eigenvalue weighted by atomic mass is 32.1. The highest BCUT2D eigenvalue weighted by Crippen LogP contribution is 2.35. The summed E-state index contributed by atoms with van der Waals surface area (Å²) in [6.07, 6.45) is 0. The van der Waals surface area contributed by atoms with Gasteiger partial charge < -0.3 is 10.1 Å². The molecule has 5 rings (SSSR count). The first-order chi connectivity index (χ1) is 16.9. The molecule has 3 heterocycles. The fraction of sp³-hybridized carbons (Fsp3) is 0.222. The lowest BCUT2D eigenvalue weighted by Gasteiger charge is -2.43. The van der Waals surface area contributed by atoms with Crippen molar-refractivity contribution in [1.29, 1.82) is 0 Å². The highest BCUT2D eigenvalue weighted by Gasteiger charge is 2.48. The number of fused-ring (bicyclic) bond motifs is 1. The Morgan fingerprint density at radius 2 is 1.89 bits per heavy atom. The summed E-state index contributed by atoms with van der Waals surface area (Å²) in [4.78, 5) is 30.1. The number of hydrogen-bond acceptors (Lipinski definition) is 5. The molecule has 1 aliphatic heterocycles. The van der Waals surface area contributed by atoms with Crippen molar-refractivity contribution in [2.75, 3.05) is 12.0 Å². The van der Waals surface area contributed by atoms with Crippen LogP contribution in [0.4, 0.5) is 5.69 Å². The second kappa shape index (κ2) is 9.03. The molecule has 1 aliphatic rings. The second-order valence-corrected chi connectivity index (χ2v) is 9.78. The number of benzene rings is 2. The van der Waals surface area contributed by atoms with Gasteiger partial charge in [0.15, 0.2) is 0 Å². The van der Waals surface area contributed by atoms with Crippen LogP contribution in [0.15, 0.2) is 72.1 Å². The van der Waals surface area contributed by atoms with Crippen LogP contribution in [0.5, 0.6) is 5.75 Å². The van der Waals surface area contributed by atoms with Gasteiger partial charge in [-0.25, -0.2) is 0 Å². The highest BCUT2D eigenvalue weighted by molar-refractivity contribution is 7.13. The number of carbonyl (C=O) groups excluding carboxylic acids is 2. The van der Waals surface area contributed by atoms with Gasteiger partial charge in [-0.2, -0.15) is 5.10 Å². The van der Waals surface area contributed by atoms with E-state index in [4.69, 9.17) is 4.74 Å². The number of thiophene rings is 1. The number of aryl methyl sites for hydroxylation is 1. The Morgan fingerprint density at radius 3 is 2.54 bits per heavy atom. The van der Waals surface area contributed by atoms with Crippen LogP contribution < -0.4 is 15.0 Å². The molecular formula is C27H26N4O3S. The Morgan fingerprint density at radius 1 is 1.14 bits per heavy atom. The molecule has 2 aromatic carbocycles. The molecule has 1 N–H and O–H groups in total. The predicted molar refractivity (Wildman–Crippen MR) is 137 cm³/mol. The number of carbonyl (C=O) groups is 2. The largest absolute Gasteiger partial charge is 0.497 e. The van der Waals surface area contributed by atoms with E-state index in [2.05, 4.69) is 10.4 Å². The molecule has 35 heavy (non-hydrogen) atoms. The summed E-state index contributed by atoms with van der Waals surface area (Å²) in [5.74, 6) is 0.152. The first-order valence-corrected chi connectivity index (χ1v) is 12.2. The second-order valence-electron chi connectivity index (χ2n) is 8.83. The topological polar surface area (TPSA) is 76.5 Å². The molecule has 2 amide bonds. The smallest absolute Gasteiger partial charge is 0.277 e. The van der Waals surface area contributed by atoms with Crippen LogP contribution in [0.25, 0.3) is 10.6 Å². The minimum Gasteiger partial charge on any atom is -0.497 e. The molecule has 0 fully saturated rings. The van der Waals surface area contributed by atoms with Crippen LogP contribution in [0.3, 0.4) is 0 Å². The molecule has 1 unspecified atom stereocenters. The zero-order chi connectivity index (χ0) is 24.6. The number of aromatic nitrogens is 2. The van der Waals surface area contributed by atoms with Gasteiger partial charge in [0.1, 0.15) is 22.7 Å². The Labute approximate surface area is 208 Å². The van der Waals surface area contributed by atoms with Crippen LogP contribution in [-0.2, 0) is 17.9 Å². The van der Waals surface area contributed by atoms with Gasteiger partial charge in [-0.15, -0.1) is 11.3 Å². The van der Waals surface area contributed by atoms with E-state index in [0.29, 0.717) is 23.7 Å². The van der Waals surface area contributed by atoms with E-state index in [1.807, 2.05) is 48.7 Å². The fourth-order valence-electron chi connectivity index (χ4n) is 4.34. The Kier molecular flexibility index (Phi) is 5.90. The van der Waals surface area contributed by atoms with Crippen LogP contribution in [0.2, 0.25) is 0 Å². The maximum atomic E-state index is 13.8. The lowest BCUT2D eigenvalue weighted by atomic mass is 9.93. The van der Waals surface area contributed by atoms with Crippen molar-refractivity contribution in [3.05, 3.63) is 88.9 Å². The molecule has 0 saturated heterocycles. The molecule has 0 saturated carbocycles. The average Bonchev–Trinajstić information content (AvgIpc) is 3.54. The lowest BCUT2D eigenvalue weighted by Crippen LogP contribution is -2.64. The molecule has 4 aromatic rings. The summed E-state index contributed by atoms with van der Waals surface area (Å²) in [5, 5.41) is 9.70. The summed E-state index contributed by atoms with van der Waals surface area (Å²) in [7, 11) is 1.59. The zero-order valence-corrected chi connectivity index (χ0v) is 20.6. The molecule has 2 aromatic heterocycles. The fourth-order valence-corrected chi connectivity index (χ4v) is 5.02. The minimum absolute atomic E-state index is 0.227. The third-order valence-corrected chi connectivity index (χ3v) is 7.21. The zero-order valence-electron chi connectivity index (χ0n) is 19.8. The van der Waals surface area contributed by atoms with E-state index in [1.165, 1.54) is 0 Å².